The predicted molar refractivity (Wildman–Crippen MR) is 95.5 cm³/mol. The number of fused-ring (bicyclic) bond motifs is 2. The average molecular weight is 378 g/mol. The number of ether oxygens (including phenoxy) is 3. The Labute approximate surface area is 158 Å². The zero-order chi connectivity index (χ0) is 19.8. The quantitative estimate of drug-likeness (QED) is 0.328. The van der Waals surface area contributed by atoms with Crippen LogP contribution in [-0.4, -0.2) is 59.3 Å². The van der Waals surface area contributed by atoms with Gasteiger partial charge in [0.05, 0.1) is 18.8 Å². The van der Waals surface area contributed by atoms with E-state index in [1.165, 1.54) is 6.08 Å². The van der Waals surface area contributed by atoms with Crippen molar-refractivity contribution in [2.45, 2.75) is 57.0 Å². The molecule has 2 N–H and O–H groups in total. The Kier molecular flexibility index (Phi) is 5.55. The highest BCUT2D eigenvalue weighted by Crippen LogP contribution is 2.47. The van der Waals surface area contributed by atoms with Gasteiger partial charge in [-0.25, -0.2) is 9.59 Å². The Hall–Kier alpha value is -1.96. The smallest absolute Gasteiger partial charge is 0.334 e. The van der Waals surface area contributed by atoms with E-state index >= 15 is 0 Å². The van der Waals surface area contributed by atoms with Gasteiger partial charge in [-0.15, -0.1) is 0 Å². The number of esters is 2. The van der Waals surface area contributed by atoms with Gasteiger partial charge in [-0.2, -0.15) is 0 Å². The molecule has 1 aliphatic carbocycles. The summed E-state index contributed by atoms with van der Waals surface area (Å²) in [5.41, 5.74) is 0.852. The fourth-order valence-electron chi connectivity index (χ4n) is 3.79. The third-order valence-electron chi connectivity index (χ3n) is 5.44. The van der Waals surface area contributed by atoms with E-state index < -0.39 is 29.7 Å². The van der Waals surface area contributed by atoms with E-state index in [0.717, 1.165) is 11.1 Å². The van der Waals surface area contributed by atoms with Crippen LogP contribution in [0.5, 0.6) is 0 Å². The van der Waals surface area contributed by atoms with Crippen LogP contribution in [0.25, 0.3) is 0 Å². The second-order valence-electron chi connectivity index (χ2n) is 7.68. The monoisotopic (exact) mass is 378 g/mol. The number of carbonyl (C=O) groups is 2. The van der Waals surface area contributed by atoms with Crippen molar-refractivity contribution in [3.63, 3.8) is 0 Å². The van der Waals surface area contributed by atoms with Crippen LogP contribution in [0, 0.1) is 5.92 Å². The van der Waals surface area contributed by atoms with E-state index in [0.29, 0.717) is 18.4 Å². The number of aliphatic hydroxyl groups excluding tert-OH is 2. The lowest BCUT2D eigenvalue weighted by Gasteiger charge is -2.26. The van der Waals surface area contributed by atoms with Crippen LogP contribution < -0.4 is 0 Å². The molecule has 0 aromatic rings. The van der Waals surface area contributed by atoms with Gasteiger partial charge in [-0.3, -0.25) is 0 Å². The molecule has 27 heavy (non-hydrogen) atoms. The minimum Gasteiger partial charge on any atom is -0.459 e. The van der Waals surface area contributed by atoms with Gasteiger partial charge in [0.25, 0.3) is 0 Å². The van der Waals surface area contributed by atoms with Crippen LogP contribution >= 0.6 is 0 Å². The van der Waals surface area contributed by atoms with E-state index in [1.807, 2.05) is 6.08 Å². The van der Waals surface area contributed by atoms with Crippen LogP contribution in [-0.2, 0) is 23.8 Å². The Balaban J connectivity index is 1.81. The zero-order valence-corrected chi connectivity index (χ0v) is 15.6. The highest BCUT2D eigenvalue weighted by atomic mass is 16.7. The molecule has 148 valence electrons. The molecule has 0 bridgehead atoms. The molecule has 5 atom stereocenters. The normalized spacial score (nSPS) is 37.3. The molecule has 2 fully saturated rings. The van der Waals surface area contributed by atoms with E-state index in [1.54, 1.807) is 13.8 Å². The van der Waals surface area contributed by atoms with Crippen molar-refractivity contribution in [3.05, 3.63) is 35.5 Å². The summed E-state index contributed by atoms with van der Waals surface area (Å²) in [7, 11) is 0. The standard InChI is InChI=1S/C20H26O7/c1-11(2)6-18(23)25-10-20-16(22)8-14-12(3)19(24)26-15(14)7-13(9-21)4-5-17(20)27-20/h4,6,14-17,21-22H,3,5,7-10H2,1-2H3/b13-4+/t14-,15-,16+,17-,20+/m0/s1. The number of carbonyl (C=O) groups excluding carboxylic acids is 2. The van der Waals surface area contributed by atoms with Crippen molar-refractivity contribution in [1.82, 2.24) is 0 Å². The van der Waals surface area contributed by atoms with Gasteiger partial charge in [-0.1, -0.05) is 18.2 Å². The Bertz CT molecular complexity index is 703. The number of hydrogen-bond donors (Lipinski definition) is 2. The van der Waals surface area contributed by atoms with Gasteiger partial charge < -0.3 is 24.4 Å². The van der Waals surface area contributed by atoms with Crippen molar-refractivity contribution in [1.29, 1.82) is 0 Å². The summed E-state index contributed by atoms with van der Waals surface area (Å²) in [5.74, 6) is -1.35. The molecule has 7 nitrogen and oxygen atoms in total. The molecule has 0 unspecified atom stereocenters. The first-order valence-corrected chi connectivity index (χ1v) is 9.13. The topological polar surface area (TPSA) is 106 Å². The maximum Gasteiger partial charge on any atom is 0.334 e. The fourth-order valence-corrected chi connectivity index (χ4v) is 3.79. The third-order valence-corrected chi connectivity index (χ3v) is 5.44. The van der Waals surface area contributed by atoms with Gasteiger partial charge in [0.1, 0.15) is 12.7 Å². The first-order chi connectivity index (χ1) is 12.8. The number of rotatable bonds is 4. The number of aliphatic hydroxyl groups is 2. The molecule has 3 rings (SSSR count). The van der Waals surface area contributed by atoms with Gasteiger partial charge in [0, 0.05) is 24.0 Å². The minimum absolute atomic E-state index is 0.0809. The van der Waals surface area contributed by atoms with Crippen molar-refractivity contribution >= 4 is 11.9 Å². The van der Waals surface area contributed by atoms with Crippen molar-refractivity contribution in [2.24, 2.45) is 5.92 Å². The molecular formula is C20H26O7. The number of allylic oxidation sites excluding steroid dienone is 1. The zero-order valence-electron chi connectivity index (χ0n) is 15.6. The van der Waals surface area contributed by atoms with Crippen LogP contribution in [0.3, 0.4) is 0 Å². The van der Waals surface area contributed by atoms with Crippen molar-refractivity contribution in [3.8, 4) is 0 Å². The van der Waals surface area contributed by atoms with Crippen LogP contribution in [0.4, 0.5) is 0 Å². The second kappa shape index (κ2) is 7.58. The molecule has 0 amide bonds. The summed E-state index contributed by atoms with van der Waals surface area (Å²) in [5, 5.41) is 20.5. The molecule has 0 spiro atoms. The molecule has 3 aliphatic rings. The predicted octanol–water partition coefficient (Wildman–Crippen LogP) is 1.19. The summed E-state index contributed by atoms with van der Waals surface area (Å²) in [6.07, 6.45) is 2.57. The number of epoxide rings is 1. The lowest BCUT2D eigenvalue weighted by Crippen LogP contribution is -2.40. The Morgan fingerprint density at radius 2 is 2.22 bits per heavy atom. The van der Waals surface area contributed by atoms with Gasteiger partial charge in [-0.05, 0) is 32.3 Å². The molecule has 0 radical (unpaired) electrons. The Morgan fingerprint density at radius 1 is 1.48 bits per heavy atom. The number of hydrogen-bond acceptors (Lipinski definition) is 7. The van der Waals surface area contributed by atoms with Gasteiger partial charge >= 0.3 is 11.9 Å². The van der Waals surface area contributed by atoms with Gasteiger partial charge in [0.15, 0.2) is 5.60 Å². The lowest BCUT2D eigenvalue weighted by molar-refractivity contribution is -0.142. The van der Waals surface area contributed by atoms with Crippen LogP contribution in [0.2, 0.25) is 0 Å². The van der Waals surface area contributed by atoms with Crippen LogP contribution in [0.15, 0.2) is 35.5 Å². The largest absolute Gasteiger partial charge is 0.459 e. The lowest BCUT2D eigenvalue weighted by atomic mass is 9.82. The molecular weight excluding hydrogens is 352 g/mol. The van der Waals surface area contributed by atoms with Crippen molar-refractivity contribution in [2.75, 3.05) is 13.2 Å². The van der Waals surface area contributed by atoms with Crippen LogP contribution in [0.1, 0.15) is 33.1 Å². The maximum absolute atomic E-state index is 11.9. The van der Waals surface area contributed by atoms with E-state index in [2.05, 4.69) is 6.58 Å². The summed E-state index contributed by atoms with van der Waals surface area (Å²) in [6.45, 7) is 7.15. The van der Waals surface area contributed by atoms with Crippen molar-refractivity contribution < 1.29 is 34.0 Å². The SMILES string of the molecule is C=C1C(=O)O[C@H]2C/C(CO)=C\C[C@@H]3O[C@]3(COC(=O)C=C(C)C)[C@H](O)C[C@@H]12. The highest BCUT2D eigenvalue weighted by molar-refractivity contribution is 5.90. The van der Waals surface area contributed by atoms with E-state index in [4.69, 9.17) is 14.2 Å². The highest BCUT2D eigenvalue weighted by Gasteiger charge is 2.62. The van der Waals surface area contributed by atoms with E-state index in [9.17, 15) is 19.8 Å². The maximum atomic E-state index is 11.9. The molecule has 7 heteroatoms. The summed E-state index contributed by atoms with van der Waals surface area (Å²) in [4.78, 5) is 23.8. The Morgan fingerprint density at radius 3 is 2.89 bits per heavy atom. The molecule has 0 saturated carbocycles. The average Bonchev–Trinajstić information content (AvgIpc) is 3.27. The summed E-state index contributed by atoms with van der Waals surface area (Å²) in [6, 6.07) is 0. The second-order valence-corrected chi connectivity index (χ2v) is 7.68. The fraction of sp³-hybridized carbons (Fsp3) is 0.600. The summed E-state index contributed by atoms with van der Waals surface area (Å²) >= 11 is 0. The molecule has 2 aliphatic heterocycles. The first-order valence-electron chi connectivity index (χ1n) is 9.13. The van der Waals surface area contributed by atoms with Gasteiger partial charge in [0.2, 0.25) is 0 Å². The first kappa shape index (κ1) is 19.8. The molecule has 2 heterocycles. The molecule has 0 aromatic carbocycles. The molecule has 2 saturated heterocycles. The van der Waals surface area contributed by atoms with E-state index in [-0.39, 0.29) is 31.7 Å². The minimum atomic E-state index is -1.02. The summed E-state index contributed by atoms with van der Waals surface area (Å²) < 4.78 is 16.5. The molecule has 0 aromatic heterocycles. The third kappa shape index (κ3) is 4.00.